The van der Waals surface area contributed by atoms with Crippen LogP contribution in [0.3, 0.4) is 0 Å². The van der Waals surface area contributed by atoms with Crippen LogP contribution in [-0.4, -0.2) is 20.7 Å². The third kappa shape index (κ3) is 9.43. The molecule has 2 nitrogen and oxygen atoms in total. The highest BCUT2D eigenvalue weighted by Gasteiger charge is 2.49. The fourth-order valence-corrected chi connectivity index (χ4v) is 9.37. The fraction of sp³-hybridized carbons (Fsp3) is 0.531. The van der Waals surface area contributed by atoms with E-state index in [1.807, 2.05) is 0 Å². The Hall–Kier alpha value is -2.15. The maximum atomic E-state index is 11.8. The van der Waals surface area contributed by atoms with E-state index in [0.717, 1.165) is 38.7 Å². The van der Waals surface area contributed by atoms with Gasteiger partial charge in [0.15, 0.2) is 0 Å². The van der Waals surface area contributed by atoms with Crippen molar-refractivity contribution in [2.24, 2.45) is 0 Å². The van der Waals surface area contributed by atoms with E-state index in [4.69, 9.17) is 4.43 Å². The molecule has 0 atom stereocenters. The van der Waals surface area contributed by atoms with Gasteiger partial charge < -0.3 is 4.43 Å². The van der Waals surface area contributed by atoms with Crippen LogP contribution in [0.5, 0.6) is 0 Å². The Kier molecular flexibility index (Phi) is 13.1. The van der Waals surface area contributed by atoms with Crippen molar-refractivity contribution in [2.75, 3.05) is 6.61 Å². The summed E-state index contributed by atoms with van der Waals surface area (Å²) >= 11 is 0. The molecule has 0 saturated heterocycles. The number of unbranched alkanes of at least 4 members (excludes halogenated alkanes) is 8. The van der Waals surface area contributed by atoms with Crippen LogP contribution in [0.15, 0.2) is 60.7 Å². The minimum atomic E-state index is -2.41. The zero-order valence-electron chi connectivity index (χ0n) is 22.6. The fourth-order valence-electron chi connectivity index (χ4n) is 4.77. The topological polar surface area (TPSA) is 26.3 Å². The highest BCUT2D eigenvalue weighted by molar-refractivity contribution is 6.99. The summed E-state index contributed by atoms with van der Waals surface area (Å²) in [5.74, 6) is 6.02. The van der Waals surface area contributed by atoms with E-state index in [-0.39, 0.29) is 10.8 Å². The zero-order chi connectivity index (χ0) is 25.4. The second-order valence-corrected chi connectivity index (χ2v) is 14.9. The molecule has 0 bridgehead atoms. The monoisotopic (exact) mass is 490 g/mol. The van der Waals surface area contributed by atoms with Crippen molar-refractivity contribution < 1.29 is 9.22 Å². The number of carbonyl (C=O) groups excluding carboxylic acids is 1. The Morgan fingerprint density at radius 1 is 0.771 bits per heavy atom. The van der Waals surface area contributed by atoms with Crippen LogP contribution < -0.4 is 10.4 Å². The van der Waals surface area contributed by atoms with Crippen LogP contribution in [0.2, 0.25) is 5.04 Å². The SMILES string of the molecule is CCCCCCC(=O)C#CCCCCCCCO[Si](c1ccccc1)(c1ccccc1)C(C)(C)C. The standard InChI is InChI=1S/C32H46O2Si/c1-5-6-7-15-22-29(33)23-16-11-9-8-10-12-21-28-34-35(32(2,3)4,30-24-17-13-18-25-30)31-26-19-14-20-27-31/h13-14,17-20,24-27H,5-12,15,21-22,28H2,1-4H3. The minimum Gasteiger partial charge on any atom is -0.407 e. The number of benzene rings is 2. The predicted molar refractivity (Wildman–Crippen MR) is 153 cm³/mol. The highest BCUT2D eigenvalue weighted by atomic mass is 28.4. The van der Waals surface area contributed by atoms with Crippen molar-refractivity contribution in [2.45, 2.75) is 103 Å². The number of hydrogen-bond acceptors (Lipinski definition) is 2. The van der Waals surface area contributed by atoms with Gasteiger partial charge in [0.1, 0.15) is 0 Å². The molecule has 0 aliphatic carbocycles. The Balaban J connectivity index is 1.80. The van der Waals surface area contributed by atoms with Crippen molar-refractivity contribution >= 4 is 24.5 Å². The van der Waals surface area contributed by atoms with Crippen LogP contribution in [0, 0.1) is 11.8 Å². The molecule has 2 rings (SSSR count). The van der Waals surface area contributed by atoms with Gasteiger partial charge in [0.2, 0.25) is 5.78 Å². The highest BCUT2D eigenvalue weighted by Crippen LogP contribution is 2.36. The lowest BCUT2D eigenvalue weighted by molar-refractivity contribution is -0.113. The van der Waals surface area contributed by atoms with E-state index in [0.29, 0.717) is 6.42 Å². The van der Waals surface area contributed by atoms with E-state index < -0.39 is 8.32 Å². The average molecular weight is 491 g/mol. The first kappa shape index (κ1) is 29.1. The average Bonchev–Trinajstić information content (AvgIpc) is 2.85. The van der Waals surface area contributed by atoms with Crippen LogP contribution in [-0.2, 0) is 9.22 Å². The number of rotatable bonds is 15. The number of hydrogen-bond donors (Lipinski definition) is 0. The molecule has 0 saturated carbocycles. The summed E-state index contributed by atoms with van der Waals surface area (Å²) in [6, 6.07) is 21.7. The molecule has 190 valence electrons. The molecular weight excluding hydrogens is 444 g/mol. The molecule has 0 aliphatic heterocycles. The van der Waals surface area contributed by atoms with Crippen LogP contribution in [0.4, 0.5) is 0 Å². The molecule has 0 fully saturated rings. The van der Waals surface area contributed by atoms with Gasteiger partial charge in [0.05, 0.1) is 0 Å². The molecule has 2 aromatic carbocycles. The van der Waals surface area contributed by atoms with Crippen LogP contribution in [0.25, 0.3) is 0 Å². The van der Waals surface area contributed by atoms with Crippen molar-refractivity contribution in [3.63, 3.8) is 0 Å². The maximum absolute atomic E-state index is 11.8. The normalized spacial score (nSPS) is 11.7. The van der Waals surface area contributed by atoms with E-state index in [2.05, 4.69) is 100 Å². The smallest absolute Gasteiger partial charge is 0.261 e. The maximum Gasteiger partial charge on any atom is 0.261 e. The summed E-state index contributed by atoms with van der Waals surface area (Å²) in [6.07, 6.45) is 11.7. The Morgan fingerprint density at radius 3 is 1.89 bits per heavy atom. The lowest BCUT2D eigenvalue weighted by Gasteiger charge is -2.43. The quantitative estimate of drug-likeness (QED) is 0.112. The van der Waals surface area contributed by atoms with E-state index in [1.54, 1.807) is 0 Å². The lowest BCUT2D eigenvalue weighted by Crippen LogP contribution is -2.66. The first-order chi connectivity index (χ1) is 16.9. The van der Waals surface area contributed by atoms with Gasteiger partial charge >= 0.3 is 0 Å². The second-order valence-electron chi connectivity index (χ2n) is 10.6. The molecule has 0 radical (unpaired) electrons. The molecule has 0 spiro atoms. The molecule has 0 aromatic heterocycles. The van der Waals surface area contributed by atoms with Crippen LogP contribution >= 0.6 is 0 Å². The van der Waals surface area contributed by atoms with Crippen molar-refractivity contribution in [3.8, 4) is 11.8 Å². The van der Waals surface area contributed by atoms with Crippen molar-refractivity contribution in [1.29, 1.82) is 0 Å². The van der Waals surface area contributed by atoms with Crippen molar-refractivity contribution in [1.82, 2.24) is 0 Å². The van der Waals surface area contributed by atoms with Gasteiger partial charge in [-0.2, -0.15) is 0 Å². The van der Waals surface area contributed by atoms with Gasteiger partial charge in [-0.25, -0.2) is 0 Å². The third-order valence-corrected chi connectivity index (χ3v) is 11.7. The summed E-state index contributed by atoms with van der Waals surface area (Å²) < 4.78 is 6.96. The molecule has 0 heterocycles. The molecular formula is C32H46O2Si. The summed E-state index contributed by atoms with van der Waals surface area (Å²) in [4.78, 5) is 11.8. The van der Waals surface area contributed by atoms with Crippen molar-refractivity contribution in [3.05, 3.63) is 60.7 Å². The molecule has 35 heavy (non-hydrogen) atoms. The van der Waals surface area contributed by atoms with E-state index in [9.17, 15) is 4.79 Å². The number of Topliss-reactive ketones (excluding diaryl/α,β-unsaturated/α-hetero) is 1. The molecule has 3 heteroatoms. The molecule has 0 amide bonds. The molecule has 0 unspecified atom stereocenters. The molecule has 0 aliphatic rings. The first-order valence-corrected chi connectivity index (χ1v) is 15.6. The summed E-state index contributed by atoms with van der Waals surface area (Å²) in [5.41, 5.74) is 0. The van der Waals surface area contributed by atoms with Gasteiger partial charge in [-0.15, -0.1) is 0 Å². The number of ketones is 1. The van der Waals surface area contributed by atoms with E-state index >= 15 is 0 Å². The minimum absolute atomic E-state index is 0.0296. The largest absolute Gasteiger partial charge is 0.407 e. The van der Waals surface area contributed by atoms with Gasteiger partial charge in [0.25, 0.3) is 8.32 Å². The number of carbonyl (C=O) groups is 1. The molecule has 0 N–H and O–H groups in total. The van der Waals surface area contributed by atoms with Gasteiger partial charge in [-0.3, -0.25) is 4.79 Å². The second kappa shape index (κ2) is 15.8. The first-order valence-electron chi connectivity index (χ1n) is 13.7. The summed E-state index contributed by atoms with van der Waals surface area (Å²) in [6.45, 7) is 9.97. The van der Waals surface area contributed by atoms with Gasteiger partial charge in [-0.05, 0) is 40.6 Å². The Bertz CT molecular complexity index is 864. The van der Waals surface area contributed by atoms with Gasteiger partial charge in [-0.1, -0.05) is 133 Å². The van der Waals surface area contributed by atoms with E-state index in [1.165, 1.54) is 42.5 Å². The third-order valence-electron chi connectivity index (χ3n) is 6.67. The predicted octanol–water partition coefficient (Wildman–Crippen LogP) is 7.45. The summed E-state index contributed by atoms with van der Waals surface area (Å²) in [5, 5.41) is 2.72. The zero-order valence-corrected chi connectivity index (χ0v) is 23.6. The Labute approximate surface area is 216 Å². The Morgan fingerprint density at radius 2 is 1.31 bits per heavy atom. The molecule has 2 aromatic rings. The van der Waals surface area contributed by atoms with Gasteiger partial charge in [0, 0.05) is 19.4 Å². The summed E-state index contributed by atoms with van der Waals surface area (Å²) in [7, 11) is -2.41. The lowest BCUT2D eigenvalue weighted by atomic mass is 10.1. The van der Waals surface area contributed by atoms with Crippen LogP contribution in [0.1, 0.15) is 98.3 Å².